The van der Waals surface area contributed by atoms with Crippen LogP contribution in [0.1, 0.15) is 12.8 Å². The number of halogens is 3. The first-order valence-corrected chi connectivity index (χ1v) is 8.70. The number of piperidine rings is 1. The molecule has 1 aromatic heterocycles. The van der Waals surface area contributed by atoms with Gasteiger partial charge in [0.1, 0.15) is 9.23 Å². The van der Waals surface area contributed by atoms with Crippen LogP contribution in [-0.4, -0.2) is 28.1 Å². The SMILES string of the molecule is Cl.O=S(=O)(NCC1CCCNC1)c1cc(Cl)sc1Cl. The zero-order valence-corrected chi connectivity index (χ0v) is 13.9. The van der Waals surface area contributed by atoms with E-state index in [4.69, 9.17) is 23.2 Å². The highest BCUT2D eigenvalue weighted by molar-refractivity contribution is 7.89. The number of thiophene rings is 1. The van der Waals surface area contributed by atoms with Gasteiger partial charge in [0.05, 0.1) is 4.34 Å². The lowest BCUT2D eigenvalue weighted by molar-refractivity contribution is 0.376. The van der Waals surface area contributed by atoms with E-state index in [9.17, 15) is 8.42 Å². The van der Waals surface area contributed by atoms with E-state index in [0.717, 1.165) is 37.3 Å². The zero-order chi connectivity index (χ0) is 13.2. The summed E-state index contributed by atoms with van der Waals surface area (Å²) in [6.45, 7) is 2.29. The fourth-order valence-electron chi connectivity index (χ4n) is 1.91. The second-order valence-corrected chi connectivity index (χ2v) is 8.27. The summed E-state index contributed by atoms with van der Waals surface area (Å²) in [5.41, 5.74) is 0. The van der Waals surface area contributed by atoms with Crippen LogP contribution in [0.15, 0.2) is 11.0 Å². The minimum absolute atomic E-state index is 0. The lowest BCUT2D eigenvalue weighted by atomic mass is 10.0. The summed E-state index contributed by atoms with van der Waals surface area (Å²) in [5, 5.41) is 3.25. The molecule has 0 bridgehead atoms. The minimum atomic E-state index is -3.55. The van der Waals surface area contributed by atoms with Crippen molar-refractivity contribution in [3.8, 4) is 0 Å². The van der Waals surface area contributed by atoms with E-state index >= 15 is 0 Å². The van der Waals surface area contributed by atoms with E-state index < -0.39 is 10.0 Å². The number of rotatable bonds is 4. The summed E-state index contributed by atoms with van der Waals surface area (Å²) in [6, 6.07) is 1.38. The van der Waals surface area contributed by atoms with Crippen molar-refractivity contribution in [3.05, 3.63) is 14.7 Å². The maximum Gasteiger partial charge on any atom is 0.242 e. The van der Waals surface area contributed by atoms with E-state index in [1.807, 2.05) is 0 Å². The average molecular weight is 366 g/mol. The molecule has 2 rings (SSSR count). The van der Waals surface area contributed by atoms with Gasteiger partial charge in [-0.25, -0.2) is 13.1 Å². The van der Waals surface area contributed by atoms with Crippen molar-refractivity contribution in [2.75, 3.05) is 19.6 Å². The van der Waals surface area contributed by atoms with Gasteiger partial charge in [-0.15, -0.1) is 23.7 Å². The van der Waals surface area contributed by atoms with Gasteiger partial charge in [-0.1, -0.05) is 23.2 Å². The molecule has 0 aromatic carbocycles. The van der Waals surface area contributed by atoms with Crippen molar-refractivity contribution in [1.29, 1.82) is 0 Å². The molecular weight excluding hydrogens is 351 g/mol. The fraction of sp³-hybridized carbons (Fsp3) is 0.600. The molecule has 0 amide bonds. The lowest BCUT2D eigenvalue weighted by Gasteiger charge is -2.22. The van der Waals surface area contributed by atoms with Crippen LogP contribution in [0.4, 0.5) is 0 Å². The molecule has 1 atom stereocenters. The summed E-state index contributed by atoms with van der Waals surface area (Å²) < 4.78 is 27.3. The van der Waals surface area contributed by atoms with Gasteiger partial charge in [0, 0.05) is 6.54 Å². The predicted octanol–water partition coefficient (Wildman–Crippen LogP) is 2.75. The third kappa shape index (κ3) is 4.74. The first kappa shape index (κ1) is 17.5. The molecule has 1 unspecified atom stereocenters. The van der Waals surface area contributed by atoms with Gasteiger partial charge in [-0.2, -0.15) is 0 Å². The normalized spacial score (nSPS) is 20.0. The molecule has 0 spiro atoms. The summed E-state index contributed by atoms with van der Waals surface area (Å²) in [6.07, 6.45) is 2.12. The molecule has 19 heavy (non-hydrogen) atoms. The molecule has 1 aliphatic rings. The number of sulfonamides is 1. The average Bonchev–Trinajstić information content (AvgIpc) is 2.68. The molecule has 9 heteroatoms. The van der Waals surface area contributed by atoms with Gasteiger partial charge in [0.2, 0.25) is 10.0 Å². The standard InChI is InChI=1S/C10H14Cl2N2O2S2.ClH/c11-9-4-8(10(12)17-9)18(15,16)14-6-7-2-1-3-13-5-7;/h4,7,13-14H,1-3,5-6H2;1H. The number of hydrogen-bond donors (Lipinski definition) is 2. The van der Waals surface area contributed by atoms with Gasteiger partial charge in [-0.05, 0) is 37.9 Å². The second kappa shape index (κ2) is 7.45. The molecule has 2 heterocycles. The maximum atomic E-state index is 12.0. The summed E-state index contributed by atoms with van der Waals surface area (Å²) in [5.74, 6) is 0.335. The van der Waals surface area contributed by atoms with Crippen LogP contribution in [0, 0.1) is 5.92 Å². The first-order chi connectivity index (χ1) is 8.49. The van der Waals surface area contributed by atoms with Crippen molar-refractivity contribution in [2.24, 2.45) is 5.92 Å². The predicted molar refractivity (Wildman–Crippen MR) is 82.4 cm³/mol. The highest BCUT2D eigenvalue weighted by Crippen LogP contribution is 2.34. The molecule has 0 aliphatic carbocycles. The second-order valence-electron chi connectivity index (χ2n) is 4.25. The Morgan fingerprint density at radius 2 is 2.21 bits per heavy atom. The third-order valence-corrected chi connectivity index (χ3v) is 6.05. The topological polar surface area (TPSA) is 58.2 Å². The van der Waals surface area contributed by atoms with Crippen molar-refractivity contribution < 1.29 is 8.42 Å². The van der Waals surface area contributed by atoms with Gasteiger partial charge in [0.25, 0.3) is 0 Å². The first-order valence-electron chi connectivity index (χ1n) is 5.64. The molecule has 4 nitrogen and oxygen atoms in total. The van der Waals surface area contributed by atoms with E-state index in [1.54, 1.807) is 0 Å². The van der Waals surface area contributed by atoms with Crippen LogP contribution in [0.5, 0.6) is 0 Å². The third-order valence-electron chi connectivity index (χ3n) is 2.88. The molecule has 1 aliphatic heterocycles. The largest absolute Gasteiger partial charge is 0.316 e. The zero-order valence-electron chi connectivity index (χ0n) is 9.99. The number of hydrogen-bond acceptors (Lipinski definition) is 4. The Kier molecular flexibility index (Phi) is 6.86. The van der Waals surface area contributed by atoms with Crippen LogP contribution in [-0.2, 0) is 10.0 Å². The Morgan fingerprint density at radius 3 is 2.74 bits per heavy atom. The fourth-order valence-corrected chi connectivity index (χ4v) is 5.18. The smallest absolute Gasteiger partial charge is 0.242 e. The summed E-state index contributed by atoms with van der Waals surface area (Å²) >= 11 is 12.7. The highest BCUT2D eigenvalue weighted by Gasteiger charge is 2.22. The van der Waals surface area contributed by atoms with E-state index in [2.05, 4.69) is 10.0 Å². The van der Waals surface area contributed by atoms with Crippen LogP contribution >= 0.6 is 46.9 Å². The van der Waals surface area contributed by atoms with Crippen molar-refractivity contribution in [1.82, 2.24) is 10.0 Å². The van der Waals surface area contributed by atoms with E-state index in [1.165, 1.54) is 6.07 Å². The van der Waals surface area contributed by atoms with Crippen molar-refractivity contribution in [2.45, 2.75) is 17.7 Å². The van der Waals surface area contributed by atoms with E-state index in [0.29, 0.717) is 16.8 Å². The molecular formula is C10H15Cl3N2O2S2. The molecule has 1 aromatic rings. The van der Waals surface area contributed by atoms with Crippen LogP contribution in [0.3, 0.4) is 0 Å². The number of nitrogens with one attached hydrogen (secondary N) is 2. The monoisotopic (exact) mass is 364 g/mol. The Hall–Kier alpha value is 0.440. The van der Waals surface area contributed by atoms with Crippen LogP contribution in [0.25, 0.3) is 0 Å². The van der Waals surface area contributed by atoms with Crippen molar-refractivity contribution in [3.63, 3.8) is 0 Å². The Morgan fingerprint density at radius 1 is 1.47 bits per heavy atom. The molecule has 1 fully saturated rings. The Labute approximate surface area is 133 Å². The minimum Gasteiger partial charge on any atom is -0.316 e. The quantitative estimate of drug-likeness (QED) is 0.862. The highest BCUT2D eigenvalue weighted by atomic mass is 35.5. The summed E-state index contributed by atoms with van der Waals surface area (Å²) in [7, 11) is -3.55. The van der Waals surface area contributed by atoms with Gasteiger partial charge >= 0.3 is 0 Å². The molecule has 1 saturated heterocycles. The molecule has 0 saturated carbocycles. The van der Waals surface area contributed by atoms with E-state index in [-0.39, 0.29) is 21.6 Å². The molecule has 2 N–H and O–H groups in total. The Bertz CT molecular complexity index is 513. The van der Waals surface area contributed by atoms with Gasteiger partial charge < -0.3 is 5.32 Å². The maximum absolute atomic E-state index is 12.0. The van der Waals surface area contributed by atoms with Crippen LogP contribution in [0.2, 0.25) is 8.67 Å². The van der Waals surface area contributed by atoms with Crippen molar-refractivity contribution >= 4 is 57.0 Å². The molecule has 110 valence electrons. The lowest BCUT2D eigenvalue weighted by Crippen LogP contribution is -2.38. The van der Waals surface area contributed by atoms with Gasteiger partial charge in [-0.3, -0.25) is 0 Å². The van der Waals surface area contributed by atoms with Gasteiger partial charge in [0.15, 0.2) is 0 Å². The molecule has 0 radical (unpaired) electrons. The van der Waals surface area contributed by atoms with Crippen LogP contribution < -0.4 is 10.0 Å². The summed E-state index contributed by atoms with van der Waals surface area (Å²) in [4.78, 5) is 0.0722. The Balaban J connectivity index is 0.00000180.